The third-order valence-corrected chi connectivity index (χ3v) is 4.45. The van der Waals surface area contributed by atoms with Crippen molar-refractivity contribution in [2.45, 2.75) is 32.3 Å². The highest BCUT2D eigenvalue weighted by Gasteiger charge is 2.17. The topological polar surface area (TPSA) is 20.2 Å². The van der Waals surface area contributed by atoms with Crippen LogP contribution in [0.25, 0.3) is 0 Å². The minimum atomic E-state index is -0.593. The van der Waals surface area contributed by atoms with E-state index in [1.165, 1.54) is 24.0 Å². The number of halogens is 1. The molecule has 3 rings (SSSR count). The molecule has 1 atom stereocenters. The molecule has 1 unspecified atom stereocenters. The maximum absolute atomic E-state index is 10.6. The van der Waals surface area contributed by atoms with Crippen molar-refractivity contribution < 1.29 is 5.11 Å². The molecule has 0 heterocycles. The summed E-state index contributed by atoms with van der Waals surface area (Å²) in [7, 11) is 0. The summed E-state index contributed by atoms with van der Waals surface area (Å²) in [6, 6.07) is 12.0. The molecule has 0 radical (unpaired) electrons. The van der Waals surface area contributed by atoms with E-state index in [4.69, 9.17) is 11.6 Å². The lowest BCUT2D eigenvalue weighted by Gasteiger charge is -2.16. The molecule has 1 N–H and O–H groups in total. The summed E-state index contributed by atoms with van der Waals surface area (Å²) in [4.78, 5) is 0. The largest absolute Gasteiger partial charge is 0.384 e. The third-order valence-electron chi connectivity index (χ3n) is 4.04. The zero-order valence-electron chi connectivity index (χ0n) is 11.0. The van der Waals surface area contributed by atoms with Crippen LogP contribution in [-0.2, 0) is 12.8 Å². The van der Waals surface area contributed by atoms with Gasteiger partial charge in [0.25, 0.3) is 0 Å². The summed E-state index contributed by atoms with van der Waals surface area (Å²) in [5.74, 6) is 0. The van der Waals surface area contributed by atoms with Crippen LogP contribution in [0.3, 0.4) is 0 Å². The van der Waals surface area contributed by atoms with E-state index in [1.807, 2.05) is 31.2 Å². The van der Waals surface area contributed by atoms with Crippen LogP contribution >= 0.6 is 11.6 Å². The number of rotatable bonds is 2. The summed E-state index contributed by atoms with van der Waals surface area (Å²) in [5.41, 5.74) is 5.63. The molecule has 0 amide bonds. The second-order valence-electron chi connectivity index (χ2n) is 5.24. The lowest BCUT2D eigenvalue weighted by atomic mass is 9.95. The lowest BCUT2D eigenvalue weighted by molar-refractivity contribution is 0.219. The molecule has 0 bridgehead atoms. The maximum atomic E-state index is 10.6. The van der Waals surface area contributed by atoms with Crippen molar-refractivity contribution in [2.24, 2.45) is 0 Å². The van der Waals surface area contributed by atoms with Gasteiger partial charge in [-0.25, -0.2) is 0 Å². The SMILES string of the molecule is Cc1c(Cl)cccc1C(O)c1ccc2c(c1)CCC2. The Hall–Kier alpha value is -1.31. The van der Waals surface area contributed by atoms with Crippen LogP contribution in [0.4, 0.5) is 0 Å². The highest BCUT2D eigenvalue weighted by atomic mass is 35.5. The minimum Gasteiger partial charge on any atom is -0.384 e. The van der Waals surface area contributed by atoms with Gasteiger partial charge in [0.2, 0.25) is 0 Å². The van der Waals surface area contributed by atoms with Gasteiger partial charge in [-0.05, 0) is 60.1 Å². The number of benzene rings is 2. The number of aryl methyl sites for hydroxylation is 2. The van der Waals surface area contributed by atoms with Crippen molar-refractivity contribution in [1.82, 2.24) is 0 Å². The Morgan fingerprint density at radius 3 is 2.74 bits per heavy atom. The second kappa shape index (κ2) is 4.99. The smallest absolute Gasteiger partial charge is 0.104 e. The first-order chi connectivity index (χ1) is 9.16. The van der Waals surface area contributed by atoms with Gasteiger partial charge < -0.3 is 5.11 Å². The van der Waals surface area contributed by atoms with Crippen LogP contribution in [0, 0.1) is 6.92 Å². The van der Waals surface area contributed by atoms with Gasteiger partial charge in [-0.2, -0.15) is 0 Å². The lowest BCUT2D eigenvalue weighted by Crippen LogP contribution is -2.03. The first-order valence-electron chi connectivity index (χ1n) is 6.71. The Morgan fingerprint density at radius 2 is 1.89 bits per heavy atom. The molecular weight excluding hydrogens is 256 g/mol. The summed E-state index contributed by atoms with van der Waals surface area (Å²) in [6.07, 6.45) is 2.93. The van der Waals surface area contributed by atoms with Crippen LogP contribution in [0.15, 0.2) is 36.4 Å². The Balaban J connectivity index is 2.00. The first-order valence-corrected chi connectivity index (χ1v) is 7.09. The van der Waals surface area contributed by atoms with Crippen LogP contribution in [0.2, 0.25) is 5.02 Å². The predicted molar refractivity (Wildman–Crippen MR) is 78.7 cm³/mol. The van der Waals surface area contributed by atoms with E-state index in [0.717, 1.165) is 23.1 Å². The van der Waals surface area contributed by atoms with Crippen LogP contribution in [-0.4, -0.2) is 5.11 Å². The fourth-order valence-electron chi connectivity index (χ4n) is 2.86. The van der Waals surface area contributed by atoms with Crippen molar-refractivity contribution >= 4 is 11.6 Å². The number of aliphatic hydroxyl groups excluding tert-OH is 1. The van der Waals surface area contributed by atoms with Crippen molar-refractivity contribution in [2.75, 3.05) is 0 Å². The van der Waals surface area contributed by atoms with Crippen LogP contribution < -0.4 is 0 Å². The Kier molecular flexibility index (Phi) is 3.34. The number of aliphatic hydroxyl groups is 1. The molecule has 0 aliphatic heterocycles. The highest BCUT2D eigenvalue weighted by molar-refractivity contribution is 6.31. The first kappa shape index (κ1) is 12.7. The third kappa shape index (κ3) is 2.29. The van der Waals surface area contributed by atoms with Crippen LogP contribution in [0.1, 0.15) is 40.3 Å². The quantitative estimate of drug-likeness (QED) is 0.868. The van der Waals surface area contributed by atoms with Gasteiger partial charge in [0, 0.05) is 5.02 Å². The molecular formula is C17H17ClO. The van der Waals surface area contributed by atoms with Crippen molar-refractivity contribution in [3.05, 3.63) is 69.2 Å². The Labute approximate surface area is 118 Å². The van der Waals surface area contributed by atoms with Gasteiger partial charge in [0.1, 0.15) is 6.10 Å². The molecule has 0 aromatic heterocycles. The van der Waals surface area contributed by atoms with E-state index in [9.17, 15) is 5.11 Å². The summed E-state index contributed by atoms with van der Waals surface area (Å²) in [5, 5.41) is 11.3. The molecule has 1 aliphatic carbocycles. The minimum absolute atomic E-state index is 0.593. The molecule has 2 aromatic carbocycles. The molecule has 0 spiro atoms. The summed E-state index contributed by atoms with van der Waals surface area (Å²) in [6.45, 7) is 1.95. The maximum Gasteiger partial charge on any atom is 0.104 e. The molecule has 0 fully saturated rings. The average molecular weight is 273 g/mol. The highest BCUT2D eigenvalue weighted by Crippen LogP contribution is 2.31. The zero-order chi connectivity index (χ0) is 13.4. The van der Waals surface area contributed by atoms with Crippen LogP contribution in [0.5, 0.6) is 0 Å². The van der Waals surface area contributed by atoms with E-state index in [0.29, 0.717) is 5.02 Å². The predicted octanol–water partition coefficient (Wildman–Crippen LogP) is 4.22. The fraction of sp³-hybridized carbons (Fsp3) is 0.294. The average Bonchev–Trinajstić information content (AvgIpc) is 2.88. The zero-order valence-corrected chi connectivity index (χ0v) is 11.7. The van der Waals surface area contributed by atoms with E-state index < -0.39 is 6.10 Å². The molecule has 2 aromatic rings. The van der Waals surface area contributed by atoms with Gasteiger partial charge in [0.15, 0.2) is 0 Å². The standard InChI is InChI=1S/C17H17ClO/c1-11-15(6-3-7-16(11)18)17(19)14-9-8-12-4-2-5-13(12)10-14/h3,6-10,17,19H,2,4-5H2,1H3. The van der Waals surface area contributed by atoms with Crippen molar-refractivity contribution in [3.63, 3.8) is 0 Å². The monoisotopic (exact) mass is 272 g/mol. The van der Waals surface area contributed by atoms with E-state index >= 15 is 0 Å². The van der Waals surface area contributed by atoms with E-state index in [1.54, 1.807) is 0 Å². The van der Waals surface area contributed by atoms with E-state index in [-0.39, 0.29) is 0 Å². The molecule has 1 nitrogen and oxygen atoms in total. The molecule has 19 heavy (non-hydrogen) atoms. The molecule has 98 valence electrons. The second-order valence-corrected chi connectivity index (χ2v) is 5.65. The van der Waals surface area contributed by atoms with E-state index in [2.05, 4.69) is 12.1 Å². The normalized spacial score (nSPS) is 15.3. The number of fused-ring (bicyclic) bond motifs is 1. The number of hydrogen-bond acceptors (Lipinski definition) is 1. The Bertz CT molecular complexity index is 619. The molecule has 0 saturated heterocycles. The summed E-state index contributed by atoms with van der Waals surface area (Å²) >= 11 is 6.13. The van der Waals surface area contributed by atoms with Gasteiger partial charge in [0.05, 0.1) is 0 Å². The van der Waals surface area contributed by atoms with Gasteiger partial charge >= 0.3 is 0 Å². The number of hydrogen-bond donors (Lipinski definition) is 1. The summed E-state index contributed by atoms with van der Waals surface area (Å²) < 4.78 is 0. The molecule has 1 aliphatic rings. The Morgan fingerprint density at radius 1 is 1.11 bits per heavy atom. The fourth-order valence-corrected chi connectivity index (χ4v) is 3.04. The van der Waals surface area contributed by atoms with Crippen molar-refractivity contribution in [3.8, 4) is 0 Å². The van der Waals surface area contributed by atoms with Gasteiger partial charge in [-0.1, -0.05) is 41.9 Å². The van der Waals surface area contributed by atoms with Gasteiger partial charge in [-0.15, -0.1) is 0 Å². The van der Waals surface area contributed by atoms with Crippen molar-refractivity contribution in [1.29, 1.82) is 0 Å². The van der Waals surface area contributed by atoms with Gasteiger partial charge in [-0.3, -0.25) is 0 Å². The molecule has 2 heteroatoms. The molecule has 0 saturated carbocycles.